The van der Waals surface area contributed by atoms with Gasteiger partial charge in [0.25, 0.3) is 5.56 Å². The van der Waals surface area contributed by atoms with E-state index in [9.17, 15) is 9.59 Å². The van der Waals surface area contributed by atoms with Crippen LogP contribution in [0.1, 0.15) is 37.6 Å². The van der Waals surface area contributed by atoms with Crippen LogP contribution in [0, 0.1) is 6.92 Å². The van der Waals surface area contributed by atoms with Gasteiger partial charge in [-0.2, -0.15) is 0 Å². The monoisotopic (exact) mass is 403 g/mol. The quantitative estimate of drug-likeness (QED) is 0.776. The van der Waals surface area contributed by atoms with Crippen LogP contribution < -0.4 is 5.56 Å². The predicted octanol–water partition coefficient (Wildman–Crippen LogP) is 1.58. The Kier molecular flexibility index (Phi) is 5.80. The fourth-order valence-electron chi connectivity index (χ4n) is 4.27. The van der Waals surface area contributed by atoms with Crippen LogP contribution in [0.4, 0.5) is 0 Å². The van der Waals surface area contributed by atoms with Crippen LogP contribution in [-0.2, 0) is 11.3 Å². The molecule has 0 N–H and O–H groups in total. The van der Waals surface area contributed by atoms with Crippen LogP contribution in [0.5, 0.6) is 0 Å². The minimum Gasteiger partial charge on any atom is -0.339 e. The third-order valence-corrected chi connectivity index (χ3v) is 6.90. The van der Waals surface area contributed by atoms with Gasteiger partial charge >= 0.3 is 0 Å². The van der Waals surface area contributed by atoms with Crippen LogP contribution in [0.25, 0.3) is 4.96 Å². The first-order valence-electron chi connectivity index (χ1n) is 10.2. The molecule has 0 radical (unpaired) electrons. The Morgan fingerprint density at radius 2 is 1.93 bits per heavy atom. The molecule has 152 valence electrons. The first-order valence-corrected chi connectivity index (χ1v) is 11.1. The molecule has 0 bridgehead atoms. The number of carbonyl (C=O) groups excluding carboxylic acids is 1. The molecule has 2 aliphatic heterocycles. The molecule has 4 heterocycles. The predicted molar refractivity (Wildman–Crippen MR) is 111 cm³/mol. The second-order valence-electron chi connectivity index (χ2n) is 8.07. The van der Waals surface area contributed by atoms with Gasteiger partial charge in [-0.3, -0.25) is 23.8 Å². The number of amides is 1. The number of thiazole rings is 1. The number of piperidine rings is 1. The van der Waals surface area contributed by atoms with Crippen LogP contribution in [0.2, 0.25) is 0 Å². The summed E-state index contributed by atoms with van der Waals surface area (Å²) in [7, 11) is 0. The highest BCUT2D eigenvalue weighted by molar-refractivity contribution is 7.15. The van der Waals surface area contributed by atoms with Crippen molar-refractivity contribution in [2.24, 2.45) is 0 Å². The van der Waals surface area contributed by atoms with Crippen LogP contribution >= 0.6 is 11.3 Å². The molecule has 2 aromatic rings. The lowest BCUT2D eigenvalue weighted by molar-refractivity contribution is -0.136. The second-order valence-corrected chi connectivity index (χ2v) is 8.90. The van der Waals surface area contributed by atoms with Gasteiger partial charge in [-0.25, -0.2) is 4.98 Å². The molecule has 1 atom stereocenters. The molecule has 2 fully saturated rings. The van der Waals surface area contributed by atoms with E-state index in [0.717, 1.165) is 61.9 Å². The summed E-state index contributed by atoms with van der Waals surface area (Å²) in [5.41, 5.74) is 1.77. The Balaban J connectivity index is 1.31. The fourth-order valence-corrected chi connectivity index (χ4v) is 5.16. The van der Waals surface area contributed by atoms with E-state index >= 15 is 0 Å². The van der Waals surface area contributed by atoms with Gasteiger partial charge in [0, 0.05) is 62.5 Å². The number of carbonyl (C=O) groups is 1. The van der Waals surface area contributed by atoms with Crippen LogP contribution in [0.3, 0.4) is 0 Å². The normalized spacial score (nSPS) is 22.1. The average Bonchev–Trinajstić information content (AvgIpc) is 3.05. The Morgan fingerprint density at radius 3 is 2.68 bits per heavy atom. The Labute approximate surface area is 169 Å². The molecule has 28 heavy (non-hydrogen) atoms. The molecular formula is C20H29N5O2S. The first kappa shape index (κ1) is 19.5. The van der Waals surface area contributed by atoms with E-state index < -0.39 is 0 Å². The minimum atomic E-state index is -0.00126. The van der Waals surface area contributed by atoms with E-state index in [1.165, 1.54) is 17.8 Å². The zero-order valence-corrected chi connectivity index (χ0v) is 17.6. The summed E-state index contributed by atoms with van der Waals surface area (Å²) < 4.78 is 1.67. The summed E-state index contributed by atoms with van der Waals surface area (Å²) in [5.74, 6) is 0.272. The van der Waals surface area contributed by atoms with Crippen molar-refractivity contribution < 1.29 is 4.79 Å². The highest BCUT2D eigenvalue weighted by Gasteiger charge is 2.26. The lowest BCUT2D eigenvalue weighted by atomic mass is 10.0. The van der Waals surface area contributed by atoms with Crippen molar-refractivity contribution in [3.8, 4) is 0 Å². The van der Waals surface area contributed by atoms with E-state index in [4.69, 9.17) is 0 Å². The van der Waals surface area contributed by atoms with Gasteiger partial charge in [-0.1, -0.05) is 0 Å². The largest absolute Gasteiger partial charge is 0.339 e. The Morgan fingerprint density at radius 1 is 1.18 bits per heavy atom. The van der Waals surface area contributed by atoms with E-state index in [0.29, 0.717) is 19.1 Å². The van der Waals surface area contributed by atoms with Crippen molar-refractivity contribution in [1.82, 2.24) is 24.1 Å². The Hall–Kier alpha value is -1.77. The maximum atomic E-state index is 12.6. The van der Waals surface area contributed by atoms with Gasteiger partial charge in [0.1, 0.15) is 0 Å². The molecule has 2 aromatic heterocycles. The van der Waals surface area contributed by atoms with E-state index in [-0.39, 0.29) is 11.5 Å². The molecule has 8 heteroatoms. The molecular weight excluding hydrogens is 374 g/mol. The molecule has 0 unspecified atom stereocenters. The van der Waals surface area contributed by atoms with Crippen molar-refractivity contribution in [3.05, 3.63) is 33.2 Å². The lowest BCUT2D eigenvalue weighted by Crippen LogP contribution is -2.51. The third kappa shape index (κ3) is 4.14. The number of hydrogen-bond acceptors (Lipinski definition) is 6. The maximum Gasteiger partial charge on any atom is 0.259 e. The van der Waals surface area contributed by atoms with Crippen molar-refractivity contribution in [1.29, 1.82) is 0 Å². The number of rotatable bonds is 4. The summed E-state index contributed by atoms with van der Waals surface area (Å²) in [6.45, 7) is 9.77. The number of hydrogen-bond donors (Lipinski definition) is 0. The summed E-state index contributed by atoms with van der Waals surface area (Å²) in [5, 5.41) is 1.96. The number of fused-ring (bicyclic) bond motifs is 1. The van der Waals surface area contributed by atoms with Crippen LogP contribution in [-0.4, -0.2) is 75.3 Å². The van der Waals surface area contributed by atoms with Crippen molar-refractivity contribution in [2.75, 3.05) is 39.3 Å². The average molecular weight is 404 g/mol. The summed E-state index contributed by atoms with van der Waals surface area (Å²) in [4.78, 5) is 37.0. The lowest BCUT2D eigenvalue weighted by Gasteiger charge is -2.38. The van der Waals surface area contributed by atoms with Gasteiger partial charge < -0.3 is 4.90 Å². The standard InChI is InChI=1S/C20H29N5O2S/c1-15-5-3-4-6-24(15)19(27)13-23-9-7-22(8-10-23)12-17-11-18(26)25-16(2)14-28-20(25)21-17/h11,14-15H,3-10,12-13H2,1-2H3/t15-/m1/s1. The highest BCUT2D eigenvalue weighted by Crippen LogP contribution is 2.17. The van der Waals surface area contributed by atoms with Gasteiger partial charge in [0.05, 0.1) is 12.2 Å². The van der Waals surface area contributed by atoms with Gasteiger partial charge in [-0.05, 0) is 33.1 Å². The van der Waals surface area contributed by atoms with Gasteiger partial charge in [-0.15, -0.1) is 11.3 Å². The first-order chi connectivity index (χ1) is 13.5. The topological polar surface area (TPSA) is 61.2 Å². The highest BCUT2D eigenvalue weighted by atomic mass is 32.1. The minimum absolute atomic E-state index is 0.00126. The summed E-state index contributed by atoms with van der Waals surface area (Å²) in [6.07, 6.45) is 3.49. The molecule has 2 saturated heterocycles. The molecule has 0 spiro atoms. The molecule has 1 amide bonds. The maximum absolute atomic E-state index is 12.6. The van der Waals surface area contributed by atoms with Crippen molar-refractivity contribution in [3.63, 3.8) is 0 Å². The summed E-state index contributed by atoms with van der Waals surface area (Å²) in [6, 6.07) is 2.03. The SMILES string of the molecule is Cc1csc2nc(CN3CCN(CC(=O)N4CCCC[C@H]4C)CC3)cc(=O)n12. The third-order valence-electron chi connectivity index (χ3n) is 5.96. The van der Waals surface area contributed by atoms with E-state index in [2.05, 4.69) is 26.6 Å². The summed E-state index contributed by atoms with van der Waals surface area (Å²) >= 11 is 1.51. The smallest absolute Gasteiger partial charge is 0.259 e. The number of aryl methyl sites for hydroxylation is 1. The molecule has 0 aliphatic carbocycles. The van der Waals surface area contributed by atoms with Gasteiger partial charge in [0.15, 0.2) is 4.96 Å². The van der Waals surface area contributed by atoms with Gasteiger partial charge in [0.2, 0.25) is 5.91 Å². The Bertz CT molecular complexity index is 900. The zero-order valence-electron chi connectivity index (χ0n) is 16.8. The molecule has 2 aliphatic rings. The fraction of sp³-hybridized carbons (Fsp3) is 0.650. The molecule has 0 saturated carbocycles. The number of aromatic nitrogens is 2. The zero-order chi connectivity index (χ0) is 19.7. The van der Waals surface area contributed by atoms with E-state index in [1.807, 2.05) is 12.3 Å². The van der Waals surface area contributed by atoms with Crippen molar-refractivity contribution in [2.45, 2.75) is 45.7 Å². The number of likely N-dealkylation sites (tertiary alicyclic amines) is 1. The molecule has 7 nitrogen and oxygen atoms in total. The van der Waals surface area contributed by atoms with Crippen molar-refractivity contribution >= 4 is 22.2 Å². The van der Waals surface area contributed by atoms with E-state index in [1.54, 1.807) is 10.5 Å². The number of piperazine rings is 1. The second kappa shape index (κ2) is 8.31. The van der Waals surface area contributed by atoms with Crippen LogP contribution in [0.15, 0.2) is 16.2 Å². The molecule has 4 rings (SSSR count). The number of nitrogens with zero attached hydrogens (tertiary/aromatic N) is 5. The molecule has 0 aromatic carbocycles.